The molecule has 8 nitrogen and oxygen atoms in total. The van der Waals surface area contributed by atoms with E-state index in [-0.39, 0.29) is 12.5 Å². The molecule has 2 atom stereocenters. The second-order valence-corrected chi connectivity index (χ2v) is 6.13. The first-order chi connectivity index (χ1) is 13.7. The van der Waals surface area contributed by atoms with Crippen molar-refractivity contribution in [3.8, 4) is 28.6 Å². The fourth-order valence-corrected chi connectivity index (χ4v) is 2.85. The summed E-state index contributed by atoms with van der Waals surface area (Å²) in [6.07, 6.45) is -1.37. The maximum absolute atomic E-state index is 12.4. The normalized spacial score (nSPS) is 17.8. The smallest absolute Gasteiger partial charge is 0.351 e. The van der Waals surface area contributed by atoms with Crippen LogP contribution in [-0.4, -0.2) is 35.4 Å². The van der Waals surface area contributed by atoms with Crippen molar-refractivity contribution in [3.63, 3.8) is 0 Å². The first kappa shape index (κ1) is 17.8. The minimum absolute atomic E-state index is 0.166. The number of fused-ring (bicyclic) bond motifs is 1. The summed E-state index contributed by atoms with van der Waals surface area (Å²) >= 11 is 0. The predicted molar refractivity (Wildman–Crippen MR) is 97.0 cm³/mol. The van der Waals surface area contributed by atoms with Crippen molar-refractivity contribution in [2.45, 2.75) is 25.7 Å². The molecule has 0 fully saturated rings. The molecular formula is C20H18N2O6. The molecule has 3 aromatic rings. The highest BCUT2D eigenvalue weighted by Gasteiger charge is 2.35. The zero-order valence-corrected chi connectivity index (χ0v) is 15.3. The Morgan fingerprint density at radius 2 is 1.79 bits per heavy atom. The lowest BCUT2D eigenvalue weighted by atomic mass is 10.2. The van der Waals surface area contributed by atoms with Gasteiger partial charge in [0.25, 0.3) is 5.89 Å². The molecule has 0 bridgehead atoms. The van der Waals surface area contributed by atoms with Crippen molar-refractivity contribution in [3.05, 3.63) is 54.4 Å². The molecule has 0 saturated carbocycles. The average Bonchev–Trinajstić information content (AvgIpc) is 3.20. The SMILES string of the molecule is COc1ccccc1-c1noc(COC(=O)C2Oc3ccccc3OC2C)n1. The molecule has 1 aliphatic rings. The second kappa shape index (κ2) is 7.59. The van der Waals surface area contributed by atoms with Gasteiger partial charge in [0.05, 0.1) is 12.7 Å². The number of para-hydroxylation sites is 3. The van der Waals surface area contributed by atoms with Gasteiger partial charge in [-0.05, 0) is 31.2 Å². The quantitative estimate of drug-likeness (QED) is 0.622. The molecule has 0 spiro atoms. The summed E-state index contributed by atoms with van der Waals surface area (Å²) in [5, 5.41) is 3.92. The van der Waals surface area contributed by atoms with E-state index in [0.29, 0.717) is 28.6 Å². The Labute approximate surface area is 161 Å². The molecule has 1 aliphatic heterocycles. The Hall–Kier alpha value is -3.55. The Kier molecular flexibility index (Phi) is 4.84. The molecule has 0 radical (unpaired) electrons. The number of carbonyl (C=O) groups is 1. The van der Waals surface area contributed by atoms with Gasteiger partial charge in [-0.25, -0.2) is 4.79 Å². The first-order valence-corrected chi connectivity index (χ1v) is 8.70. The van der Waals surface area contributed by atoms with Crippen molar-refractivity contribution < 1.29 is 28.3 Å². The van der Waals surface area contributed by atoms with Gasteiger partial charge in [0.15, 0.2) is 18.1 Å². The highest BCUT2D eigenvalue weighted by atomic mass is 16.6. The van der Waals surface area contributed by atoms with E-state index in [0.717, 1.165) is 0 Å². The van der Waals surface area contributed by atoms with E-state index < -0.39 is 18.2 Å². The van der Waals surface area contributed by atoms with Gasteiger partial charge in [0.1, 0.15) is 11.9 Å². The number of benzene rings is 2. The van der Waals surface area contributed by atoms with Crippen LogP contribution >= 0.6 is 0 Å². The van der Waals surface area contributed by atoms with Gasteiger partial charge in [0.2, 0.25) is 11.9 Å². The van der Waals surface area contributed by atoms with E-state index in [4.69, 9.17) is 23.5 Å². The summed E-state index contributed by atoms with van der Waals surface area (Å²) in [6.45, 7) is 1.57. The number of esters is 1. The molecule has 0 saturated heterocycles. The molecule has 1 aromatic heterocycles. The maximum atomic E-state index is 12.4. The summed E-state index contributed by atoms with van der Waals surface area (Å²) in [6, 6.07) is 14.5. The zero-order chi connectivity index (χ0) is 19.5. The molecule has 0 amide bonds. The van der Waals surface area contributed by atoms with Crippen molar-refractivity contribution in [1.82, 2.24) is 10.1 Å². The Morgan fingerprint density at radius 3 is 2.57 bits per heavy atom. The Bertz CT molecular complexity index is 986. The van der Waals surface area contributed by atoms with Crippen LogP contribution in [0.5, 0.6) is 17.2 Å². The van der Waals surface area contributed by atoms with E-state index in [2.05, 4.69) is 10.1 Å². The highest BCUT2D eigenvalue weighted by Crippen LogP contribution is 2.34. The van der Waals surface area contributed by atoms with Crippen LogP contribution < -0.4 is 14.2 Å². The van der Waals surface area contributed by atoms with Crippen molar-refractivity contribution >= 4 is 5.97 Å². The molecule has 2 aromatic carbocycles. The summed E-state index contributed by atoms with van der Waals surface area (Å²) < 4.78 is 27.2. The monoisotopic (exact) mass is 382 g/mol. The van der Waals surface area contributed by atoms with Gasteiger partial charge in [0, 0.05) is 0 Å². The largest absolute Gasteiger partial charge is 0.496 e. The van der Waals surface area contributed by atoms with Gasteiger partial charge in [-0.1, -0.05) is 29.4 Å². The third kappa shape index (κ3) is 3.48. The third-order valence-electron chi connectivity index (χ3n) is 4.23. The fraction of sp³-hybridized carbons (Fsp3) is 0.250. The third-order valence-corrected chi connectivity index (χ3v) is 4.23. The lowest BCUT2D eigenvalue weighted by Crippen LogP contribution is -2.44. The second-order valence-electron chi connectivity index (χ2n) is 6.13. The Balaban J connectivity index is 1.41. The molecular weight excluding hydrogens is 364 g/mol. The summed E-state index contributed by atoms with van der Waals surface area (Å²) in [7, 11) is 1.56. The van der Waals surface area contributed by atoms with E-state index >= 15 is 0 Å². The molecule has 0 N–H and O–H groups in total. The molecule has 144 valence electrons. The standard InChI is InChI=1S/C20H18N2O6/c1-12-18(27-16-10-6-5-9-15(16)26-12)20(23)25-11-17-21-19(22-28-17)13-7-3-4-8-14(13)24-2/h3-10,12,18H,11H2,1-2H3. The minimum atomic E-state index is -0.883. The highest BCUT2D eigenvalue weighted by molar-refractivity contribution is 5.76. The molecule has 28 heavy (non-hydrogen) atoms. The van der Waals surface area contributed by atoms with Crippen LogP contribution in [0.1, 0.15) is 12.8 Å². The molecule has 2 heterocycles. The lowest BCUT2D eigenvalue weighted by Gasteiger charge is -2.30. The number of rotatable bonds is 5. The number of nitrogens with zero attached hydrogens (tertiary/aromatic N) is 2. The van der Waals surface area contributed by atoms with Gasteiger partial charge < -0.3 is 23.5 Å². The van der Waals surface area contributed by atoms with Gasteiger partial charge in [-0.15, -0.1) is 0 Å². The predicted octanol–water partition coefficient (Wildman–Crippen LogP) is 3.02. The lowest BCUT2D eigenvalue weighted by molar-refractivity contribution is -0.159. The Morgan fingerprint density at radius 1 is 1.07 bits per heavy atom. The molecule has 2 unspecified atom stereocenters. The number of carbonyl (C=O) groups excluding carboxylic acids is 1. The van der Waals surface area contributed by atoms with Crippen LogP contribution in [0.4, 0.5) is 0 Å². The van der Waals surface area contributed by atoms with Crippen molar-refractivity contribution in [1.29, 1.82) is 0 Å². The number of methoxy groups -OCH3 is 1. The number of hydrogen-bond donors (Lipinski definition) is 0. The van der Waals surface area contributed by atoms with Crippen LogP contribution in [0.2, 0.25) is 0 Å². The minimum Gasteiger partial charge on any atom is -0.496 e. The topological polar surface area (TPSA) is 92.9 Å². The molecule has 8 heteroatoms. The van der Waals surface area contributed by atoms with Crippen LogP contribution in [0, 0.1) is 0 Å². The van der Waals surface area contributed by atoms with Crippen LogP contribution in [0.25, 0.3) is 11.4 Å². The maximum Gasteiger partial charge on any atom is 0.351 e. The fourth-order valence-electron chi connectivity index (χ4n) is 2.85. The number of ether oxygens (including phenoxy) is 4. The summed E-state index contributed by atoms with van der Waals surface area (Å²) in [4.78, 5) is 16.7. The van der Waals surface area contributed by atoms with E-state index in [1.165, 1.54) is 0 Å². The molecule has 4 rings (SSSR count). The summed E-state index contributed by atoms with van der Waals surface area (Å²) in [5.41, 5.74) is 0.681. The van der Waals surface area contributed by atoms with E-state index in [9.17, 15) is 4.79 Å². The van der Waals surface area contributed by atoms with Gasteiger partial charge >= 0.3 is 5.97 Å². The van der Waals surface area contributed by atoms with Crippen LogP contribution in [-0.2, 0) is 16.1 Å². The van der Waals surface area contributed by atoms with Gasteiger partial charge in [-0.2, -0.15) is 4.98 Å². The van der Waals surface area contributed by atoms with Gasteiger partial charge in [-0.3, -0.25) is 0 Å². The van der Waals surface area contributed by atoms with Crippen LogP contribution in [0.15, 0.2) is 53.1 Å². The van der Waals surface area contributed by atoms with E-state index in [1.54, 1.807) is 38.3 Å². The first-order valence-electron chi connectivity index (χ1n) is 8.70. The van der Waals surface area contributed by atoms with Crippen LogP contribution in [0.3, 0.4) is 0 Å². The van der Waals surface area contributed by atoms with E-state index in [1.807, 2.05) is 24.3 Å². The van der Waals surface area contributed by atoms with Crippen molar-refractivity contribution in [2.75, 3.05) is 7.11 Å². The summed E-state index contributed by atoms with van der Waals surface area (Å²) in [5.74, 6) is 1.66. The number of aromatic nitrogens is 2. The average molecular weight is 382 g/mol. The zero-order valence-electron chi connectivity index (χ0n) is 15.3. The molecule has 0 aliphatic carbocycles. The van der Waals surface area contributed by atoms with Crippen molar-refractivity contribution in [2.24, 2.45) is 0 Å². The number of hydrogen-bond acceptors (Lipinski definition) is 8.